The smallest absolute Gasteiger partial charge is 0.257 e. The summed E-state index contributed by atoms with van der Waals surface area (Å²) in [6, 6.07) is 6.27. The average Bonchev–Trinajstić information content (AvgIpc) is 2.64. The third-order valence-corrected chi connectivity index (χ3v) is 6.33. The molecule has 0 saturated carbocycles. The van der Waals surface area contributed by atoms with Crippen molar-refractivity contribution in [1.29, 1.82) is 0 Å². The largest absolute Gasteiger partial charge is 0.334 e. The Balaban J connectivity index is 1.92. The Hall–Kier alpha value is -2.39. The number of fused-ring (bicyclic) bond motifs is 1. The van der Waals surface area contributed by atoms with E-state index in [-0.39, 0.29) is 18.0 Å². The van der Waals surface area contributed by atoms with Crippen LogP contribution in [0.25, 0.3) is 0 Å². The summed E-state index contributed by atoms with van der Waals surface area (Å²) < 4.78 is 66.1. The monoisotopic (exact) mass is 398 g/mol. The van der Waals surface area contributed by atoms with E-state index in [2.05, 4.69) is 0 Å². The maximum Gasteiger partial charge on any atom is 0.257 e. The van der Waals surface area contributed by atoms with Gasteiger partial charge in [0.1, 0.15) is 0 Å². The first-order valence-corrected chi connectivity index (χ1v) is 9.54. The second-order valence-corrected chi connectivity index (χ2v) is 8.57. The Morgan fingerprint density at radius 1 is 1.04 bits per heavy atom. The van der Waals surface area contributed by atoms with Crippen LogP contribution in [0.3, 0.4) is 0 Å². The van der Waals surface area contributed by atoms with Crippen LogP contribution in [-0.2, 0) is 23.0 Å². The Morgan fingerprint density at radius 2 is 1.74 bits per heavy atom. The van der Waals surface area contributed by atoms with Gasteiger partial charge < -0.3 is 4.90 Å². The van der Waals surface area contributed by atoms with Gasteiger partial charge in [0.05, 0.1) is 10.5 Å². The molecule has 9 heteroatoms. The van der Waals surface area contributed by atoms with E-state index in [9.17, 15) is 26.4 Å². The first-order chi connectivity index (χ1) is 12.6. The quantitative estimate of drug-likeness (QED) is 0.747. The minimum atomic E-state index is -3.64. The number of amides is 1. The SMILES string of the molecule is CN(C)S(=O)(=O)c1ccc2c(c1)CN(C(=O)c1ccc(F)c(F)c1F)CC2. The Labute approximate surface area is 155 Å². The molecule has 27 heavy (non-hydrogen) atoms. The van der Waals surface area contributed by atoms with Crippen molar-refractivity contribution in [3.05, 3.63) is 64.5 Å². The van der Waals surface area contributed by atoms with E-state index >= 15 is 0 Å². The van der Waals surface area contributed by atoms with Crippen LogP contribution in [0.2, 0.25) is 0 Å². The van der Waals surface area contributed by atoms with Crippen molar-refractivity contribution in [2.45, 2.75) is 17.9 Å². The fraction of sp³-hybridized carbons (Fsp3) is 0.278. The van der Waals surface area contributed by atoms with E-state index in [4.69, 9.17) is 0 Å². The van der Waals surface area contributed by atoms with E-state index < -0.39 is 38.9 Å². The van der Waals surface area contributed by atoms with Crippen LogP contribution in [0.5, 0.6) is 0 Å². The lowest BCUT2D eigenvalue weighted by atomic mass is 9.99. The zero-order valence-corrected chi connectivity index (χ0v) is 15.5. The van der Waals surface area contributed by atoms with Gasteiger partial charge in [0.25, 0.3) is 5.91 Å². The average molecular weight is 398 g/mol. The van der Waals surface area contributed by atoms with Gasteiger partial charge in [-0.3, -0.25) is 4.79 Å². The molecule has 2 aromatic carbocycles. The van der Waals surface area contributed by atoms with E-state index in [0.717, 1.165) is 15.9 Å². The predicted octanol–water partition coefficient (Wildman–Crippen LogP) is 2.55. The van der Waals surface area contributed by atoms with Crippen molar-refractivity contribution >= 4 is 15.9 Å². The predicted molar refractivity (Wildman–Crippen MR) is 92.1 cm³/mol. The summed E-state index contributed by atoms with van der Waals surface area (Å²) in [6.45, 7) is 0.299. The van der Waals surface area contributed by atoms with Crippen molar-refractivity contribution < 1.29 is 26.4 Å². The maximum atomic E-state index is 13.9. The third-order valence-electron chi connectivity index (χ3n) is 4.52. The zero-order chi connectivity index (χ0) is 19.9. The molecule has 0 bridgehead atoms. The second-order valence-electron chi connectivity index (χ2n) is 6.42. The number of nitrogens with zero attached hydrogens (tertiary/aromatic N) is 2. The molecule has 0 atom stereocenters. The van der Waals surface area contributed by atoms with E-state index in [1.165, 1.54) is 31.1 Å². The molecule has 0 fully saturated rings. The minimum absolute atomic E-state index is 0.0450. The number of carbonyl (C=O) groups is 1. The van der Waals surface area contributed by atoms with Crippen molar-refractivity contribution in [3.8, 4) is 0 Å². The van der Waals surface area contributed by atoms with E-state index in [1.807, 2.05) is 0 Å². The van der Waals surface area contributed by atoms with Gasteiger partial charge >= 0.3 is 0 Å². The van der Waals surface area contributed by atoms with Gasteiger partial charge in [-0.25, -0.2) is 25.9 Å². The summed E-state index contributed by atoms with van der Waals surface area (Å²) in [6.07, 6.45) is 0.439. The van der Waals surface area contributed by atoms with Gasteiger partial charge in [-0.2, -0.15) is 0 Å². The summed E-state index contributed by atoms with van der Waals surface area (Å²) in [5.74, 6) is -5.38. The number of hydrogen-bond acceptors (Lipinski definition) is 3. The summed E-state index contributed by atoms with van der Waals surface area (Å²) >= 11 is 0. The standard InChI is InChI=1S/C18H17F3N2O3S/c1-22(2)27(25,26)13-4-3-11-7-8-23(10-12(11)9-13)18(24)14-5-6-15(19)17(21)16(14)20/h3-6,9H,7-8,10H2,1-2H3. The molecule has 0 unspecified atom stereocenters. The highest BCUT2D eigenvalue weighted by Gasteiger charge is 2.27. The highest BCUT2D eigenvalue weighted by molar-refractivity contribution is 7.89. The van der Waals surface area contributed by atoms with Gasteiger partial charge in [0.2, 0.25) is 10.0 Å². The maximum absolute atomic E-state index is 13.9. The molecule has 144 valence electrons. The summed E-state index contributed by atoms with van der Waals surface area (Å²) in [7, 11) is -0.812. The molecule has 5 nitrogen and oxygen atoms in total. The lowest BCUT2D eigenvalue weighted by Gasteiger charge is -2.29. The van der Waals surface area contributed by atoms with Crippen molar-refractivity contribution in [2.75, 3.05) is 20.6 Å². The van der Waals surface area contributed by atoms with Gasteiger partial charge in [0.15, 0.2) is 17.5 Å². The lowest BCUT2D eigenvalue weighted by molar-refractivity contribution is 0.0728. The molecule has 0 aromatic heterocycles. The number of rotatable bonds is 3. The third kappa shape index (κ3) is 3.44. The number of benzene rings is 2. The summed E-state index contributed by atoms with van der Waals surface area (Å²) in [5, 5.41) is 0. The molecule has 1 aliphatic heterocycles. The Kier molecular flexibility index (Phi) is 5.00. The molecular weight excluding hydrogens is 381 g/mol. The molecule has 3 rings (SSSR count). The van der Waals surface area contributed by atoms with Crippen LogP contribution in [0, 0.1) is 17.5 Å². The fourth-order valence-corrected chi connectivity index (χ4v) is 3.89. The van der Waals surface area contributed by atoms with Gasteiger partial charge in [-0.15, -0.1) is 0 Å². The molecule has 0 spiro atoms. The van der Waals surface area contributed by atoms with Crippen molar-refractivity contribution in [1.82, 2.24) is 9.21 Å². The van der Waals surface area contributed by atoms with Crippen LogP contribution in [0.4, 0.5) is 13.2 Å². The Bertz CT molecular complexity index is 1020. The molecule has 2 aromatic rings. The van der Waals surface area contributed by atoms with Gasteiger partial charge in [0, 0.05) is 27.2 Å². The molecule has 0 saturated heterocycles. The molecule has 0 radical (unpaired) electrons. The number of halogens is 3. The van der Waals surface area contributed by atoms with Crippen LogP contribution in [-0.4, -0.2) is 44.2 Å². The zero-order valence-electron chi connectivity index (χ0n) is 14.7. The van der Waals surface area contributed by atoms with E-state index in [1.54, 1.807) is 6.07 Å². The van der Waals surface area contributed by atoms with Crippen molar-refractivity contribution in [3.63, 3.8) is 0 Å². The molecular formula is C18H17F3N2O3S. The van der Waals surface area contributed by atoms with Crippen LogP contribution in [0.15, 0.2) is 35.2 Å². The normalized spacial score (nSPS) is 14.4. The van der Waals surface area contributed by atoms with Crippen LogP contribution < -0.4 is 0 Å². The van der Waals surface area contributed by atoms with Gasteiger partial charge in [-0.05, 0) is 41.8 Å². The number of sulfonamides is 1. The topological polar surface area (TPSA) is 57.7 Å². The molecule has 1 amide bonds. The van der Waals surface area contributed by atoms with Gasteiger partial charge in [-0.1, -0.05) is 6.07 Å². The molecule has 0 aliphatic carbocycles. The Morgan fingerprint density at radius 3 is 2.41 bits per heavy atom. The number of hydrogen-bond donors (Lipinski definition) is 0. The minimum Gasteiger partial charge on any atom is -0.334 e. The molecule has 1 aliphatic rings. The summed E-state index contributed by atoms with van der Waals surface area (Å²) in [4.78, 5) is 13.9. The fourth-order valence-electron chi connectivity index (χ4n) is 2.94. The molecule has 1 heterocycles. The highest BCUT2D eigenvalue weighted by atomic mass is 32.2. The first kappa shape index (κ1) is 19.4. The summed E-state index contributed by atoms with van der Waals surface area (Å²) in [5.41, 5.74) is 0.928. The first-order valence-electron chi connectivity index (χ1n) is 8.10. The molecule has 0 N–H and O–H groups in total. The highest BCUT2D eigenvalue weighted by Crippen LogP contribution is 2.26. The van der Waals surface area contributed by atoms with Crippen LogP contribution in [0.1, 0.15) is 21.5 Å². The second kappa shape index (κ2) is 6.97. The lowest BCUT2D eigenvalue weighted by Crippen LogP contribution is -2.36. The number of carbonyl (C=O) groups excluding carboxylic acids is 1. The van der Waals surface area contributed by atoms with E-state index in [0.29, 0.717) is 18.1 Å². The van der Waals surface area contributed by atoms with Crippen molar-refractivity contribution in [2.24, 2.45) is 0 Å². The van der Waals surface area contributed by atoms with Crippen LogP contribution >= 0.6 is 0 Å².